The molecule has 1 aliphatic carbocycles. The molecule has 1 aromatic carbocycles. The molecule has 2 atom stereocenters. The van der Waals surface area contributed by atoms with Crippen molar-refractivity contribution in [2.75, 3.05) is 20.2 Å². The summed E-state index contributed by atoms with van der Waals surface area (Å²) >= 11 is 0. The Hall–Kier alpha value is -1.06. The molecular weight excluding hydrogens is 248 g/mol. The molecule has 0 spiro atoms. The van der Waals surface area contributed by atoms with Crippen molar-refractivity contribution < 1.29 is 4.74 Å². The summed E-state index contributed by atoms with van der Waals surface area (Å²) in [6, 6.07) is 6.98. The van der Waals surface area contributed by atoms with Crippen LogP contribution in [0.5, 0.6) is 5.75 Å². The predicted octanol–water partition coefficient (Wildman–Crippen LogP) is 2.74. The van der Waals surface area contributed by atoms with Gasteiger partial charge in [-0.15, -0.1) is 0 Å². The average molecular weight is 274 g/mol. The molecule has 2 N–H and O–H groups in total. The van der Waals surface area contributed by atoms with Crippen molar-refractivity contribution in [3.63, 3.8) is 0 Å². The second kappa shape index (κ2) is 5.74. The molecule has 2 unspecified atom stereocenters. The third kappa shape index (κ3) is 2.45. The smallest absolute Gasteiger partial charge is 0.119 e. The normalized spacial score (nSPS) is 27.6. The Bertz CT molecular complexity index is 466. The summed E-state index contributed by atoms with van der Waals surface area (Å²) in [4.78, 5) is 2.61. The molecule has 1 aromatic rings. The van der Waals surface area contributed by atoms with E-state index in [1.807, 2.05) is 0 Å². The number of nitrogens with two attached hydrogens (primary N) is 1. The summed E-state index contributed by atoms with van der Waals surface area (Å²) in [6.45, 7) is 4.73. The molecule has 0 aromatic heterocycles. The van der Waals surface area contributed by atoms with Crippen LogP contribution in [0.1, 0.15) is 43.4 Å². The van der Waals surface area contributed by atoms with E-state index in [4.69, 9.17) is 10.5 Å². The number of ether oxygens (including phenoxy) is 1. The van der Waals surface area contributed by atoms with E-state index in [0.717, 1.165) is 18.1 Å². The van der Waals surface area contributed by atoms with Gasteiger partial charge in [0.2, 0.25) is 0 Å². The highest BCUT2D eigenvalue weighted by molar-refractivity contribution is 5.42. The van der Waals surface area contributed by atoms with E-state index in [2.05, 4.69) is 30.0 Å². The number of hydrogen-bond donors (Lipinski definition) is 1. The van der Waals surface area contributed by atoms with Crippen molar-refractivity contribution in [1.82, 2.24) is 4.90 Å². The summed E-state index contributed by atoms with van der Waals surface area (Å²) < 4.78 is 5.33. The number of nitrogens with zero attached hydrogens (tertiary/aromatic N) is 1. The summed E-state index contributed by atoms with van der Waals surface area (Å²) in [5, 5.41) is 0. The maximum absolute atomic E-state index is 6.51. The molecule has 1 aliphatic heterocycles. The van der Waals surface area contributed by atoms with Crippen molar-refractivity contribution in [2.24, 2.45) is 11.7 Å². The van der Waals surface area contributed by atoms with Gasteiger partial charge in [0.25, 0.3) is 0 Å². The summed E-state index contributed by atoms with van der Waals surface area (Å²) in [5.41, 5.74) is 9.20. The van der Waals surface area contributed by atoms with Crippen LogP contribution in [0.25, 0.3) is 0 Å². The zero-order valence-electron chi connectivity index (χ0n) is 12.6. The standard InChI is InChI=1S/C17H26N2O/c1-3-12-6-8-19(9-7-12)16-10-13-4-5-14(20-2)11-15(13)17(16)18/h4-5,11-12,16-17H,3,6-10,18H2,1-2H3. The second-order valence-electron chi connectivity index (χ2n) is 6.25. The van der Waals surface area contributed by atoms with Crippen LogP contribution in [0.4, 0.5) is 0 Å². The number of hydrogen-bond acceptors (Lipinski definition) is 3. The van der Waals surface area contributed by atoms with Gasteiger partial charge in [-0.1, -0.05) is 19.4 Å². The zero-order chi connectivity index (χ0) is 14.1. The lowest BCUT2D eigenvalue weighted by Crippen LogP contribution is -2.45. The van der Waals surface area contributed by atoms with Gasteiger partial charge in [-0.3, -0.25) is 4.90 Å². The SMILES string of the molecule is CCC1CCN(C2Cc3ccc(OC)cc3C2N)CC1. The lowest BCUT2D eigenvalue weighted by atomic mass is 9.92. The third-order valence-electron chi connectivity index (χ3n) is 5.25. The molecule has 0 saturated carbocycles. The highest BCUT2D eigenvalue weighted by atomic mass is 16.5. The summed E-state index contributed by atoms with van der Waals surface area (Å²) in [5.74, 6) is 1.84. The van der Waals surface area contributed by atoms with Crippen molar-refractivity contribution in [3.8, 4) is 5.75 Å². The number of rotatable bonds is 3. The lowest BCUT2D eigenvalue weighted by Gasteiger charge is -2.37. The molecule has 110 valence electrons. The molecule has 1 heterocycles. The van der Waals surface area contributed by atoms with Crippen molar-refractivity contribution >= 4 is 0 Å². The molecule has 3 heteroatoms. The van der Waals surface area contributed by atoms with Crippen LogP contribution >= 0.6 is 0 Å². The van der Waals surface area contributed by atoms with Crippen LogP contribution in [-0.2, 0) is 6.42 Å². The van der Waals surface area contributed by atoms with Gasteiger partial charge in [0.05, 0.1) is 7.11 Å². The van der Waals surface area contributed by atoms with Gasteiger partial charge in [-0.05, 0) is 61.5 Å². The summed E-state index contributed by atoms with van der Waals surface area (Å²) in [7, 11) is 1.72. The van der Waals surface area contributed by atoms with Gasteiger partial charge in [0, 0.05) is 12.1 Å². The minimum Gasteiger partial charge on any atom is -0.497 e. The summed E-state index contributed by atoms with van der Waals surface area (Å²) in [6.07, 6.45) is 5.08. The highest BCUT2D eigenvalue weighted by Gasteiger charge is 2.35. The topological polar surface area (TPSA) is 38.5 Å². The molecular formula is C17H26N2O. The van der Waals surface area contributed by atoms with Gasteiger partial charge in [-0.2, -0.15) is 0 Å². The van der Waals surface area contributed by atoms with Crippen LogP contribution in [0.2, 0.25) is 0 Å². The number of fused-ring (bicyclic) bond motifs is 1. The van der Waals surface area contributed by atoms with E-state index < -0.39 is 0 Å². The van der Waals surface area contributed by atoms with Gasteiger partial charge in [-0.25, -0.2) is 0 Å². The van der Waals surface area contributed by atoms with Crippen LogP contribution in [0.15, 0.2) is 18.2 Å². The first-order chi connectivity index (χ1) is 9.72. The van der Waals surface area contributed by atoms with Crippen molar-refractivity contribution in [3.05, 3.63) is 29.3 Å². The molecule has 0 amide bonds. The van der Waals surface area contributed by atoms with E-state index >= 15 is 0 Å². The number of piperidine rings is 1. The Morgan fingerprint density at radius 1 is 1.30 bits per heavy atom. The first-order valence-corrected chi connectivity index (χ1v) is 7.89. The average Bonchev–Trinajstić information content (AvgIpc) is 2.84. The molecule has 20 heavy (non-hydrogen) atoms. The predicted molar refractivity (Wildman–Crippen MR) is 82.0 cm³/mol. The van der Waals surface area contributed by atoms with Crippen LogP contribution in [-0.4, -0.2) is 31.1 Å². The van der Waals surface area contributed by atoms with Crippen LogP contribution in [0, 0.1) is 5.92 Å². The maximum Gasteiger partial charge on any atom is 0.119 e. The Labute approximate surface area is 122 Å². The molecule has 1 fully saturated rings. The highest BCUT2D eigenvalue weighted by Crippen LogP contribution is 2.36. The zero-order valence-corrected chi connectivity index (χ0v) is 12.6. The number of likely N-dealkylation sites (tertiary alicyclic amines) is 1. The molecule has 3 nitrogen and oxygen atoms in total. The van der Waals surface area contributed by atoms with E-state index in [9.17, 15) is 0 Å². The minimum absolute atomic E-state index is 0.137. The van der Waals surface area contributed by atoms with E-state index in [0.29, 0.717) is 6.04 Å². The quantitative estimate of drug-likeness (QED) is 0.921. The fraction of sp³-hybridized carbons (Fsp3) is 0.647. The molecule has 2 aliphatic rings. The van der Waals surface area contributed by atoms with Gasteiger partial charge >= 0.3 is 0 Å². The van der Waals surface area contributed by atoms with Crippen LogP contribution in [0.3, 0.4) is 0 Å². The van der Waals surface area contributed by atoms with Crippen molar-refractivity contribution in [1.29, 1.82) is 0 Å². The van der Waals surface area contributed by atoms with E-state index in [1.165, 1.54) is 43.5 Å². The lowest BCUT2D eigenvalue weighted by molar-refractivity contribution is 0.120. The molecule has 0 bridgehead atoms. The van der Waals surface area contributed by atoms with Gasteiger partial charge in [0.15, 0.2) is 0 Å². The van der Waals surface area contributed by atoms with E-state index in [-0.39, 0.29) is 6.04 Å². The number of benzene rings is 1. The van der Waals surface area contributed by atoms with Crippen LogP contribution < -0.4 is 10.5 Å². The third-order valence-corrected chi connectivity index (χ3v) is 5.25. The fourth-order valence-electron chi connectivity index (χ4n) is 3.80. The molecule has 0 radical (unpaired) electrons. The number of methoxy groups -OCH3 is 1. The Kier molecular flexibility index (Phi) is 3.99. The van der Waals surface area contributed by atoms with Gasteiger partial charge < -0.3 is 10.5 Å². The molecule has 3 rings (SSSR count). The van der Waals surface area contributed by atoms with Gasteiger partial charge in [0.1, 0.15) is 5.75 Å². The maximum atomic E-state index is 6.51. The van der Waals surface area contributed by atoms with Crippen molar-refractivity contribution in [2.45, 2.75) is 44.7 Å². The Balaban J connectivity index is 1.72. The Morgan fingerprint density at radius 2 is 2.05 bits per heavy atom. The monoisotopic (exact) mass is 274 g/mol. The second-order valence-corrected chi connectivity index (χ2v) is 6.25. The molecule has 1 saturated heterocycles. The largest absolute Gasteiger partial charge is 0.497 e. The van der Waals surface area contributed by atoms with E-state index in [1.54, 1.807) is 7.11 Å². The minimum atomic E-state index is 0.137. The Morgan fingerprint density at radius 3 is 2.70 bits per heavy atom. The first kappa shape index (κ1) is 13.9. The fourth-order valence-corrected chi connectivity index (χ4v) is 3.80. The first-order valence-electron chi connectivity index (χ1n) is 7.89.